The van der Waals surface area contributed by atoms with Crippen LogP contribution in [-0.2, 0) is 20.7 Å². The molecule has 2 aromatic rings. The zero-order valence-corrected chi connectivity index (χ0v) is 19.5. The summed E-state index contributed by atoms with van der Waals surface area (Å²) in [6.07, 6.45) is 0.441. The van der Waals surface area contributed by atoms with Gasteiger partial charge in [-0.15, -0.1) is 0 Å². The van der Waals surface area contributed by atoms with E-state index in [1.54, 1.807) is 31.2 Å². The molecule has 0 fully saturated rings. The Kier molecular flexibility index (Phi) is 11.2. The summed E-state index contributed by atoms with van der Waals surface area (Å²) in [4.78, 5) is 36.0. The molecule has 0 radical (unpaired) electrons. The molecule has 35 heavy (non-hydrogen) atoms. The highest BCUT2D eigenvalue weighted by molar-refractivity contribution is 5.96. The van der Waals surface area contributed by atoms with E-state index in [1.165, 1.54) is 18.2 Å². The molecule has 0 bridgehead atoms. The van der Waals surface area contributed by atoms with Crippen molar-refractivity contribution >= 4 is 17.8 Å². The SMILES string of the molecule is CCOc1ccc(C(=O)NCC(=O)OCC(=O)NCCc2ccc(OC(F)F)cc2)cc1OCC. The highest BCUT2D eigenvalue weighted by atomic mass is 19.3. The van der Waals surface area contributed by atoms with Crippen LogP contribution in [0.3, 0.4) is 0 Å². The van der Waals surface area contributed by atoms with Crippen molar-refractivity contribution in [3.8, 4) is 17.2 Å². The fraction of sp³-hybridized carbons (Fsp3) is 0.375. The van der Waals surface area contributed by atoms with Crippen molar-refractivity contribution in [2.45, 2.75) is 26.9 Å². The summed E-state index contributed by atoms with van der Waals surface area (Å²) in [6.45, 7) is 0.902. The van der Waals surface area contributed by atoms with Crippen molar-refractivity contribution < 1.29 is 42.1 Å². The Morgan fingerprint density at radius 3 is 2.26 bits per heavy atom. The maximum Gasteiger partial charge on any atom is 0.387 e. The maximum atomic E-state index is 12.3. The third kappa shape index (κ3) is 9.86. The molecular weight excluding hydrogens is 466 g/mol. The van der Waals surface area contributed by atoms with Crippen molar-refractivity contribution in [3.63, 3.8) is 0 Å². The predicted molar refractivity (Wildman–Crippen MR) is 122 cm³/mol. The van der Waals surface area contributed by atoms with E-state index in [1.807, 2.05) is 6.92 Å². The molecule has 190 valence electrons. The van der Waals surface area contributed by atoms with E-state index in [0.29, 0.717) is 31.1 Å². The van der Waals surface area contributed by atoms with Gasteiger partial charge < -0.3 is 29.6 Å². The number of nitrogens with one attached hydrogen (secondary N) is 2. The second-order valence-electron chi connectivity index (χ2n) is 6.99. The molecule has 0 aliphatic heterocycles. The third-order valence-corrected chi connectivity index (χ3v) is 4.45. The summed E-state index contributed by atoms with van der Waals surface area (Å²) in [6, 6.07) is 10.7. The van der Waals surface area contributed by atoms with E-state index in [4.69, 9.17) is 14.2 Å². The van der Waals surface area contributed by atoms with Gasteiger partial charge >= 0.3 is 12.6 Å². The molecule has 2 rings (SSSR count). The van der Waals surface area contributed by atoms with Crippen molar-refractivity contribution in [2.24, 2.45) is 0 Å². The van der Waals surface area contributed by atoms with Crippen molar-refractivity contribution in [1.82, 2.24) is 10.6 Å². The number of hydrogen-bond acceptors (Lipinski definition) is 7. The molecule has 0 unspecified atom stereocenters. The number of ether oxygens (including phenoxy) is 4. The van der Waals surface area contributed by atoms with Gasteiger partial charge in [0.05, 0.1) is 13.2 Å². The van der Waals surface area contributed by atoms with Crippen LogP contribution >= 0.6 is 0 Å². The molecule has 0 aliphatic carbocycles. The molecule has 2 amide bonds. The lowest BCUT2D eigenvalue weighted by molar-refractivity contribution is -0.147. The van der Waals surface area contributed by atoms with Crippen LogP contribution in [0.4, 0.5) is 8.78 Å². The van der Waals surface area contributed by atoms with Gasteiger partial charge in [-0.25, -0.2) is 0 Å². The topological polar surface area (TPSA) is 112 Å². The second kappa shape index (κ2) is 14.4. The van der Waals surface area contributed by atoms with Crippen LogP contribution in [0.5, 0.6) is 17.2 Å². The normalized spacial score (nSPS) is 10.4. The minimum atomic E-state index is -2.89. The summed E-state index contributed by atoms with van der Waals surface area (Å²) in [5.41, 5.74) is 1.07. The number of esters is 1. The summed E-state index contributed by atoms with van der Waals surface area (Å²) in [5, 5.41) is 5.00. The smallest absolute Gasteiger partial charge is 0.387 e. The van der Waals surface area contributed by atoms with E-state index < -0.39 is 37.5 Å². The van der Waals surface area contributed by atoms with Crippen molar-refractivity contribution in [1.29, 1.82) is 0 Å². The Hall–Kier alpha value is -3.89. The van der Waals surface area contributed by atoms with Crippen LogP contribution in [0, 0.1) is 0 Å². The Bertz CT molecular complexity index is 984. The average Bonchev–Trinajstić information content (AvgIpc) is 2.83. The summed E-state index contributed by atoms with van der Waals surface area (Å²) in [7, 11) is 0. The molecule has 0 aromatic heterocycles. The lowest BCUT2D eigenvalue weighted by Crippen LogP contribution is -2.34. The molecule has 0 spiro atoms. The first kappa shape index (κ1) is 27.4. The number of halogens is 2. The minimum Gasteiger partial charge on any atom is -0.490 e. The standard InChI is InChI=1S/C24H28F2N2O7/c1-3-32-19-10-7-17(13-20(19)33-4-2)23(31)28-14-22(30)34-15-21(29)27-12-11-16-5-8-18(9-6-16)35-24(25)26/h5-10,13,24H,3-4,11-12,14-15H2,1-2H3,(H,27,29)(H,28,31). The van der Waals surface area contributed by atoms with Gasteiger partial charge in [0.1, 0.15) is 12.3 Å². The highest BCUT2D eigenvalue weighted by Gasteiger charge is 2.14. The molecule has 0 aliphatic rings. The van der Waals surface area contributed by atoms with Crippen LogP contribution in [-0.4, -0.2) is 57.3 Å². The quantitative estimate of drug-likeness (QED) is 0.389. The Balaban J connectivity index is 1.69. The monoisotopic (exact) mass is 494 g/mol. The maximum absolute atomic E-state index is 12.3. The number of hydrogen-bond donors (Lipinski definition) is 2. The van der Waals surface area contributed by atoms with Gasteiger partial charge in [-0.1, -0.05) is 12.1 Å². The molecule has 0 saturated carbocycles. The van der Waals surface area contributed by atoms with Gasteiger partial charge in [0.2, 0.25) is 0 Å². The van der Waals surface area contributed by atoms with Crippen LogP contribution in [0.2, 0.25) is 0 Å². The molecule has 0 atom stereocenters. The van der Waals surface area contributed by atoms with Crippen molar-refractivity contribution in [2.75, 3.05) is 32.9 Å². The van der Waals surface area contributed by atoms with Gasteiger partial charge in [0.15, 0.2) is 18.1 Å². The van der Waals surface area contributed by atoms with E-state index in [-0.39, 0.29) is 17.9 Å². The Morgan fingerprint density at radius 1 is 0.914 bits per heavy atom. The lowest BCUT2D eigenvalue weighted by Gasteiger charge is -2.12. The molecule has 0 saturated heterocycles. The van der Waals surface area contributed by atoms with Crippen LogP contribution in [0.15, 0.2) is 42.5 Å². The molecule has 2 N–H and O–H groups in total. The van der Waals surface area contributed by atoms with Crippen LogP contribution in [0.25, 0.3) is 0 Å². The predicted octanol–water partition coefficient (Wildman–Crippen LogP) is 2.72. The van der Waals surface area contributed by atoms with Crippen LogP contribution in [0.1, 0.15) is 29.8 Å². The number of carbonyl (C=O) groups excluding carboxylic acids is 3. The highest BCUT2D eigenvalue weighted by Crippen LogP contribution is 2.28. The average molecular weight is 494 g/mol. The van der Waals surface area contributed by atoms with Gasteiger partial charge in [0.25, 0.3) is 11.8 Å². The third-order valence-electron chi connectivity index (χ3n) is 4.45. The fourth-order valence-electron chi connectivity index (χ4n) is 2.88. The van der Waals surface area contributed by atoms with Gasteiger partial charge in [-0.3, -0.25) is 14.4 Å². The first-order valence-corrected chi connectivity index (χ1v) is 11.0. The van der Waals surface area contributed by atoms with Crippen LogP contribution < -0.4 is 24.8 Å². The molecule has 0 heterocycles. The van der Waals surface area contributed by atoms with E-state index >= 15 is 0 Å². The first-order valence-electron chi connectivity index (χ1n) is 11.0. The zero-order valence-electron chi connectivity index (χ0n) is 19.5. The van der Waals surface area contributed by atoms with Gasteiger partial charge in [0, 0.05) is 12.1 Å². The Labute approximate surface area is 201 Å². The second-order valence-corrected chi connectivity index (χ2v) is 6.99. The lowest BCUT2D eigenvalue weighted by atomic mass is 10.1. The summed E-state index contributed by atoms with van der Waals surface area (Å²) >= 11 is 0. The Morgan fingerprint density at radius 2 is 1.60 bits per heavy atom. The van der Waals surface area contributed by atoms with Gasteiger partial charge in [-0.2, -0.15) is 8.78 Å². The summed E-state index contributed by atoms with van der Waals surface area (Å²) in [5.74, 6) is -0.841. The molecular formula is C24H28F2N2O7. The largest absolute Gasteiger partial charge is 0.490 e. The van der Waals surface area contributed by atoms with Crippen molar-refractivity contribution in [3.05, 3.63) is 53.6 Å². The van der Waals surface area contributed by atoms with E-state index in [2.05, 4.69) is 15.4 Å². The minimum absolute atomic E-state index is 0.0454. The molecule has 9 nitrogen and oxygen atoms in total. The fourth-order valence-corrected chi connectivity index (χ4v) is 2.88. The van der Waals surface area contributed by atoms with Gasteiger partial charge in [-0.05, 0) is 56.2 Å². The van der Waals surface area contributed by atoms with E-state index in [9.17, 15) is 23.2 Å². The molecule has 2 aromatic carbocycles. The number of amides is 2. The number of alkyl halides is 2. The number of benzene rings is 2. The summed E-state index contributed by atoms with van der Waals surface area (Å²) < 4.78 is 44.4. The molecule has 11 heteroatoms. The number of carbonyl (C=O) groups is 3. The number of rotatable bonds is 14. The zero-order chi connectivity index (χ0) is 25.6. The van der Waals surface area contributed by atoms with E-state index in [0.717, 1.165) is 5.56 Å². The first-order chi connectivity index (χ1) is 16.8.